The number of nitrogens with one attached hydrogen (secondary N) is 1. The molecule has 19 heavy (non-hydrogen) atoms. The standard InChI is InChI=1S/C14H17Cl2N3/c1-3-19-7-6-18-14(19)13(17-2)8-10-4-5-11(15)9-12(10)16/h4-7,9,13,17H,3,8H2,1-2H3. The SMILES string of the molecule is CCn1ccnc1C(Cc1ccc(Cl)cc1Cl)NC. The Hall–Kier alpha value is -1.03. The molecule has 1 atom stereocenters. The number of aryl methyl sites for hydroxylation is 1. The molecule has 0 spiro atoms. The number of aromatic nitrogens is 2. The van der Waals surface area contributed by atoms with Crippen LogP contribution in [-0.2, 0) is 13.0 Å². The van der Waals surface area contributed by atoms with Gasteiger partial charge in [-0.15, -0.1) is 0 Å². The predicted molar refractivity (Wildman–Crippen MR) is 79.9 cm³/mol. The average Bonchev–Trinajstić information content (AvgIpc) is 2.86. The van der Waals surface area contributed by atoms with Crippen molar-refractivity contribution >= 4 is 23.2 Å². The summed E-state index contributed by atoms with van der Waals surface area (Å²) in [6.07, 6.45) is 4.60. The molecule has 0 saturated carbocycles. The van der Waals surface area contributed by atoms with Gasteiger partial charge >= 0.3 is 0 Å². The smallest absolute Gasteiger partial charge is 0.126 e. The molecule has 0 aliphatic rings. The van der Waals surface area contributed by atoms with Crippen molar-refractivity contribution in [2.24, 2.45) is 0 Å². The van der Waals surface area contributed by atoms with Gasteiger partial charge in [0.25, 0.3) is 0 Å². The van der Waals surface area contributed by atoms with Gasteiger partial charge in [0.15, 0.2) is 0 Å². The van der Waals surface area contributed by atoms with Gasteiger partial charge in [-0.2, -0.15) is 0 Å². The average molecular weight is 298 g/mol. The lowest BCUT2D eigenvalue weighted by Crippen LogP contribution is -2.23. The number of likely N-dealkylation sites (N-methyl/N-ethyl adjacent to an activating group) is 1. The third-order valence-electron chi connectivity index (χ3n) is 3.19. The monoisotopic (exact) mass is 297 g/mol. The molecule has 0 bridgehead atoms. The summed E-state index contributed by atoms with van der Waals surface area (Å²) in [7, 11) is 1.93. The molecule has 0 fully saturated rings. The molecule has 0 amide bonds. The van der Waals surface area contributed by atoms with Crippen molar-refractivity contribution in [2.75, 3.05) is 7.05 Å². The van der Waals surface area contributed by atoms with Crippen LogP contribution in [-0.4, -0.2) is 16.6 Å². The van der Waals surface area contributed by atoms with Crippen LogP contribution in [0.2, 0.25) is 10.0 Å². The van der Waals surface area contributed by atoms with Crippen LogP contribution in [0.1, 0.15) is 24.4 Å². The number of benzene rings is 1. The Balaban J connectivity index is 2.24. The molecule has 3 nitrogen and oxygen atoms in total. The van der Waals surface area contributed by atoms with Gasteiger partial charge in [0.2, 0.25) is 0 Å². The Bertz CT molecular complexity index is 551. The molecular formula is C14H17Cl2N3. The third-order valence-corrected chi connectivity index (χ3v) is 3.77. The molecule has 1 N–H and O–H groups in total. The molecule has 1 heterocycles. The lowest BCUT2D eigenvalue weighted by Gasteiger charge is -2.18. The Morgan fingerprint density at radius 3 is 2.79 bits per heavy atom. The summed E-state index contributed by atoms with van der Waals surface area (Å²) in [5, 5.41) is 4.65. The van der Waals surface area contributed by atoms with Gasteiger partial charge < -0.3 is 9.88 Å². The van der Waals surface area contributed by atoms with Gasteiger partial charge in [-0.3, -0.25) is 0 Å². The minimum absolute atomic E-state index is 0.133. The summed E-state index contributed by atoms with van der Waals surface area (Å²) in [6, 6.07) is 5.74. The number of nitrogens with zero attached hydrogens (tertiary/aromatic N) is 2. The molecule has 2 aromatic rings. The minimum Gasteiger partial charge on any atom is -0.334 e. The van der Waals surface area contributed by atoms with Crippen molar-refractivity contribution < 1.29 is 0 Å². The molecule has 0 aliphatic carbocycles. The summed E-state index contributed by atoms with van der Waals surface area (Å²) in [5.74, 6) is 1.02. The zero-order valence-corrected chi connectivity index (χ0v) is 12.5. The van der Waals surface area contributed by atoms with E-state index in [1.807, 2.05) is 31.6 Å². The predicted octanol–water partition coefficient (Wildman–Crippen LogP) is 3.71. The van der Waals surface area contributed by atoms with Gasteiger partial charge in [0.05, 0.1) is 6.04 Å². The largest absolute Gasteiger partial charge is 0.334 e. The number of rotatable bonds is 5. The Kier molecular flexibility index (Phi) is 4.86. The fourth-order valence-corrected chi connectivity index (χ4v) is 2.61. The summed E-state index contributed by atoms with van der Waals surface area (Å²) in [6.45, 7) is 3.01. The lowest BCUT2D eigenvalue weighted by atomic mass is 10.1. The molecular weight excluding hydrogens is 281 g/mol. The number of halogens is 2. The quantitative estimate of drug-likeness (QED) is 0.912. The van der Waals surface area contributed by atoms with Crippen LogP contribution in [0.3, 0.4) is 0 Å². The summed E-state index contributed by atoms with van der Waals surface area (Å²) in [4.78, 5) is 4.43. The van der Waals surface area contributed by atoms with Gasteiger partial charge in [-0.05, 0) is 38.1 Å². The molecule has 1 aromatic carbocycles. The second kappa shape index (κ2) is 6.42. The maximum Gasteiger partial charge on any atom is 0.126 e. The molecule has 0 saturated heterocycles. The highest BCUT2D eigenvalue weighted by Crippen LogP contribution is 2.25. The number of hydrogen-bond acceptors (Lipinski definition) is 2. The van der Waals surface area contributed by atoms with E-state index >= 15 is 0 Å². The highest BCUT2D eigenvalue weighted by Gasteiger charge is 2.16. The van der Waals surface area contributed by atoms with E-state index in [0.29, 0.717) is 10.0 Å². The zero-order valence-electron chi connectivity index (χ0n) is 11.0. The number of imidazole rings is 1. The second-order valence-electron chi connectivity index (χ2n) is 4.35. The maximum absolute atomic E-state index is 6.23. The van der Waals surface area contributed by atoms with Gasteiger partial charge in [-0.25, -0.2) is 4.98 Å². The lowest BCUT2D eigenvalue weighted by molar-refractivity contribution is 0.523. The first-order valence-corrected chi connectivity index (χ1v) is 7.03. The van der Waals surface area contributed by atoms with Crippen LogP contribution in [0.15, 0.2) is 30.6 Å². The normalized spacial score (nSPS) is 12.6. The molecule has 0 radical (unpaired) electrons. The van der Waals surface area contributed by atoms with E-state index in [-0.39, 0.29) is 6.04 Å². The van der Waals surface area contributed by atoms with E-state index in [4.69, 9.17) is 23.2 Å². The van der Waals surface area contributed by atoms with Gasteiger partial charge in [0.1, 0.15) is 5.82 Å². The Labute approximate surface area is 123 Å². The molecule has 2 rings (SSSR count). The first-order valence-electron chi connectivity index (χ1n) is 6.28. The molecule has 1 aromatic heterocycles. The van der Waals surface area contributed by atoms with E-state index in [1.165, 1.54) is 0 Å². The maximum atomic E-state index is 6.23. The van der Waals surface area contributed by atoms with Gasteiger partial charge in [0, 0.05) is 29.0 Å². The third kappa shape index (κ3) is 3.30. The van der Waals surface area contributed by atoms with Crippen LogP contribution in [0.5, 0.6) is 0 Å². The highest BCUT2D eigenvalue weighted by molar-refractivity contribution is 6.35. The first-order chi connectivity index (χ1) is 9.15. The molecule has 5 heteroatoms. The minimum atomic E-state index is 0.133. The fourth-order valence-electron chi connectivity index (χ4n) is 2.13. The molecule has 102 valence electrons. The van der Waals surface area contributed by atoms with Crippen molar-refractivity contribution in [3.05, 3.63) is 52.0 Å². The Morgan fingerprint density at radius 2 is 2.16 bits per heavy atom. The number of hydrogen-bond donors (Lipinski definition) is 1. The van der Waals surface area contributed by atoms with E-state index in [2.05, 4.69) is 21.8 Å². The van der Waals surface area contributed by atoms with Crippen LogP contribution < -0.4 is 5.32 Å². The van der Waals surface area contributed by atoms with Crippen molar-refractivity contribution in [1.82, 2.24) is 14.9 Å². The van der Waals surface area contributed by atoms with Crippen LogP contribution in [0.4, 0.5) is 0 Å². The summed E-state index contributed by atoms with van der Waals surface area (Å²) >= 11 is 12.1. The van der Waals surface area contributed by atoms with E-state index in [1.54, 1.807) is 6.07 Å². The van der Waals surface area contributed by atoms with Crippen molar-refractivity contribution in [3.63, 3.8) is 0 Å². The van der Waals surface area contributed by atoms with Crippen LogP contribution in [0.25, 0.3) is 0 Å². The second-order valence-corrected chi connectivity index (χ2v) is 5.20. The van der Waals surface area contributed by atoms with E-state index < -0.39 is 0 Å². The van der Waals surface area contributed by atoms with Crippen molar-refractivity contribution in [1.29, 1.82) is 0 Å². The summed E-state index contributed by atoms with van der Waals surface area (Å²) < 4.78 is 2.13. The molecule has 0 aliphatic heterocycles. The Morgan fingerprint density at radius 1 is 1.37 bits per heavy atom. The summed E-state index contributed by atoms with van der Waals surface area (Å²) in [5.41, 5.74) is 1.07. The van der Waals surface area contributed by atoms with Gasteiger partial charge in [-0.1, -0.05) is 29.3 Å². The molecule has 1 unspecified atom stereocenters. The van der Waals surface area contributed by atoms with Crippen molar-refractivity contribution in [3.8, 4) is 0 Å². The van der Waals surface area contributed by atoms with E-state index in [9.17, 15) is 0 Å². The zero-order chi connectivity index (χ0) is 13.8. The highest BCUT2D eigenvalue weighted by atomic mass is 35.5. The van der Waals surface area contributed by atoms with Crippen LogP contribution in [0, 0.1) is 0 Å². The van der Waals surface area contributed by atoms with E-state index in [0.717, 1.165) is 24.4 Å². The first kappa shape index (κ1) is 14.4. The fraction of sp³-hybridized carbons (Fsp3) is 0.357. The topological polar surface area (TPSA) is 29.9 Å². The van der Waals surface area contributed by atoms with Crippen LogP contribution >= 0.6 is 23.2 Å². The van der Waals surface area contributed by atoms with Crippen molar-refractivity contribution in [2.45, 2.75) is 25.9 Å².